The number of ketones is 1. The molecule has 0 aliphatic carbocycles. The lowest BCUT2D eigenvalue weighted by Gasteiger charge is -2.47. The molecule has 0 spiro atoms. The van der Waals surface area contributed by atoms with Gasteiger partial charge in [-0.25, -0.2) is 0 Å². The molecule has 3 fully saturated rings. The van der Waals surface area contributed by atoms with Gasteiger partial charge in [-0.2, -0.15) is 0 Å². The molecule has 3 heterocycles. The van der Waals surface area contributed by atoms with Gasteiger partial charge in [-0.3, -0.25) is 9.59 Å². The largest absolute Gasteiger partial charge is 0.462 e. The molecule has 3 aliphatic rings. The molecule has 3 rings (SSSR count). The number of esters is 1. The molecule has 12 nitrogen and oxygen atoms in total. The lowest BCUT2D eigenvalue weighted by Crippen LogP contribution is -2.57. The minimum Gasteiger partial charge on any atom is -0.462 e. The summed E-state index contributed by atoms with van der Waals surface area (Å²) in [5, 5.41) is 31.4. The summed E-state index contributed by atoms with van der Waals surface area (Å²) in [6.07, 6.45) is -0.987. The third-order valence-corrected chi connectivity index (χ3v) is 14.6. The van der Waals surface area contributed by atoms with Crippen LogP contribution in [0.1, 0.15) is 158 Å². The number of carbonyl (C=O) groups excluding carboxylic acids is 2. The average Bonchev–Trinajstić information content (AvgIpc) is 3.11. The predicted molar refractivity (Wildman–Crippen MR) is 243 cm³/mol. The van der Waals surface area contributed by atoms with Crippen molar-refractivity contribution in [1.82, 2.24) is 4.90 Å². The van der Waals surface area contributed by atoms with Crippen LogP contribution in [-0.4, -0.2) is 133 Å². The summed E-state index contributed by atoms with van der Waals surface area (Å²) < 4.78 is 34.5. The average molecular weight is 874 g/mol. The van der Waals surface area contributed by atoms with E-state index >= 15 is 0 Å². The Balaban J connectivity index is 0.000000503. The highest BCUT2D eigenvalue weighted by Gasteiger charge is 2.50. The van der Waals surface area contributed by atoms with E-state index in [1.807, 2.05) is 76.4 Å². The number of methoxy groups -OCH3 is 2. The van der Waals surface area contributed by atoms with Gasteiger partial charge in [0.15, 0.2) is 6.29 Å². The summed E-state index contributed by atoms with van der Waals surface area (Å²) in [6, 6.07) is 0.206. The second kappa shape index (κ2) is 21.8. The van der Waals surface area contributed by atoms with Gasteiger partial charge in [-0.1, -0.05) is 90.0 Å². The molecule has 61 heavy (non-hydrogen) atoms. The fraction of sp³-hybridized carbons (Fsp3) is 0.959. The summed E-state index contributed by atoms with van der Waals surface area (Å²) in [6.45, 7) is 39.8. The van der Waals surface area contributed by atoms with Crippen molar-refractivity contribution in [3.8, 4) is 0 Å². The number of cyclic esters (lactones) is 1. The van der Waals surface area contributed by atoms with Gasteiger partial charge in [0.25, 0.3) is 0 Å². The SMILES string of the molecule is CC1CC(N(C)C)C(O)C(C(C)(C)C)O1.COC1(C)CC(OC(C)(C)C)OC(C)C1O.COC1C(C)C(C)(C)C(C)C(=O)OC(C)C(C)(C)C(O)C(C)C(=O)C(C)CC1(C)C. The fourth-order valence-corrected chi connectivity index (χ4v) is 9.49. The number of aliphatic hydroxyl groups excluding tert-OH is 3. The van der Waals surface area contributed by atoms with Crippen molar-refractivity contribution in [3.63, 3.8) is 0 Å². The van der Waals surface area contributed by atoms with Crippen LogP contribution < -0.4 is 0 Å². The summed E-state index contributed by atoms with van der Waals surface area (Å²) in [7, 11) is 7.35. The minimum atomic E-state index is -0.915. The van der Waals surface area contributed by atoms with Crippen LogP contribution in [0.25, 0.3) is 0 Å². The van der Waals surface area contributed by atoms with Crippen molar-refractivity contribution in [2.24, 2.45) is 45.3 Å². The monoisotopic (exact) mass is 874 g/mol. The highest BCUT2D eigenvalue weighted by molar-refractivity contribution is 5.83. The first kappa shape index (κ1) is 57.8. The number of hydrogen-bond donors (Lipinski definition) is 3. The van der Waals surface area contributed by atoms with Crippen LogP contribution >= 0.6 is 0 Å². The van der Waals surface area contributed by atoms with E-state index in [9.17, 15) is 24.9 Å². The Morgan fingerprint density at radius 3 is 1.72 bits per heavy atom. The van der Waals surface area contributed by atoms with Crippen LogP contribution in [0.5, 0.6) is 0 Å². The second-order valence-corrected chi connectivity index (χ2v) is 23.3. The van der Waals surface area contributed by atoms with Gasteiger partial charge in [-0.05, 0) is 97.6 Å². The smallest absolute Gasteiger partial charge is 0.309 e. The van der Waals surface area contributed by atoms with Crippen LogP contribution in [-0.2, 0) is 38.0 Å². The zero-order chi connectivity index (χ0) is 48.2. The van der Waals surface area contributed by atoms with Crippen molar-refractivity contribution in [1.29, 1.82) is 0 Å². The fourth-order valence-electron chi connectivity index (χ4n) is 9.49. The molecule has 3 saturated heterocycles. The molecule has 0 amide bonds. The quantitative estimate of drug-likeness (QED) is 0.234. The first-order valence-electron chi connectivity index (χ1n) is 22.8. The molecule has 0 radical (unpaired) electrons. The molecule has 0 saturated carbocycles. The minimum absolute atomic E-state index is 0.0116. The maximum Gasteiger partial charge on any atom is 0.309 e. The van der Waals surface area contributed by atoms with Gasteiger partial charge in [0.1, 0.15) is 18.0 Å². The molecule has 15 atom stereocenters. The molecular formula is C49H95NO11. The molecule has 15 unspecified atom stereocenters. The lowest BCUT2D eigenvalue weighted by atomic mass is 9.62. The first-order chi connectivity index (χ1) is 27.3. The molecule has 12 heteroatoms. The molecule has 3 aliphatic heterocycles. The molecule has 3 N–H and O–H groups in total. The van der Waals surface area contributed by atoms with E-state index in [2.05, 4.69) is 67.2 Å². The maximum atomic E-state index is 13.2. The number of rotatable bonds is 4. The highest BCUT2D eigenvalue weighted by atomic mass is 16.7. The number of ether oxygens (including phenoxy) is 6. The molecule has 362 valence electrons. The number of aliphatic hydroxyl groups is 3. The van der Waals surface area contributed by atoms with Gasteiger partial charge in [0.2, 0.25) is 0 Å². The Bertz CT molecular complexity index is 1370. The van der Waals surface area contributed by atoms with E-state index in [0.29, 0.717) is 12.8 Å². The van der Waals surface area contributed by atoms with Gasteiger partial charge < -0.3 is 48.6 Å². The van der Waals surface area contributed by atoms with Crippen molar-refractivity contribution in [2.75, 3.05) is 28.3 Å². The Labute approximate surface area is 372 Å². The van der Waals surface area contributed by atoms with Crippen molar-refractivity contribution < 1.29 is 53.3 Å². The summed E-state index contributed by atoms with van der Waals surface area (Å²) in [5.74, 6) is -1.31. The van der Waals surface area contributed by atoms with E-state index in [4.69, 9.17) is 28.4 Å². The van der Waals surface area contributed by atoms with E-state index in [1.165, 1.54) is 0 Å². The van der Waals surface area contributed by atoms with E-state index in [-0.39, 0.29) is 88.1 Å². The van der Waals surface area contributed by atoms with E-state index in [0.717, 1.165) is 6.42 Å². The highest BCUT2D eigenvalue weighted by Crippen LogP contribution is 2.47. The van der Waals surface area contributed by atoms with E-state index in [1.54, 1.807) is 28.1 Å². The molecule has 0 bridgehead atoms. The molecule has 0 aromatic heterocycles. The maximum absolute atomic E-state index is 13.2. The van der Waals surface area contributed by atoms with E-state index < -0.39 is 41.3 Å². The van der Waals surface area contributed by atoms with Crippen molar-refractivity contribution >= 4 is 11.8 Å². The van der Waals surface area contributed by atoms with Crippen LogP contribution in [0.15, 0.2) is 0 Å². The number of carbonyl (C=O) groups is 2. The Morgan fingerprint density at radius 2 is 1.28 bits per heavy atom. The molecular weight excluding hydrogens is 779 g/mol. The van der Waals surface area contributed by atoms with Gasteiger partial charge in [0, 0.05) is 43.9 Å². The molecule has 0 aromatic carbocycles. The number of nitrogens with zero attached hydrogens (tertiary/aromatic N) is 1. The third kappa shape index (κ3) is 14.9. The Hall–Kier alpha value is -1.22. The summed E-state index contributed by atoms with van der Waals surface area (Å²) in [4.78, 5) is 28.4. The van der Waals surface area contributed by atoms with Crippen molar-refractivity contribution in [3.05, 3.63) is 0 Å². The number of likely N-dealkylation sites (N-methyl/N-ethyl adjacent to an activating group) is 1. The zero-order valence-electron chi connectivity index (χ0n) is 43.3. The second-order valence-electron chi connectivity index (χ2n) is 23.3. The molecule has 0 aromatic rings. The number of Topliss-reactive ketones (excluding diaryl/α,β-unsaturated/α-hetero) is 1. The van der Waals surface area contributed by atoms with Crippen LogP contribution in [0.4, 0.5) is 0 Å². The van der Waals surface area contributed by atoms with Gasteiger partial charge >= 0.3 is 5.97 Å². The Morgan fingerprint density at radius 1 is 0.754 bits per heavy atom. The Kier molecular flexibility index (Phi) is 20.7. The summed E-state index contributed by atoms with van der Waals surface area (Å²) >= 11 is 0. The normalized spacial score (nSPS) is 40.1. The first-order valence-corrected chi connectivity index (χ1v) is 22.8. The standard InChI is InChI=1S/C25H46O5.C12H25NO2.C12H24O4/c1-14-13-23(6,7)21(29-12)16(3)24(8,9)17(4)22(28)30-18(5)25(10,11)20(27)15(2)19(14)26;1-8-7-9(13(5)6)10(14)11(15-8)12(2,3)4;1-8-10(13)12(5,14-6)7-9(15-8)16-11(2,3)4/h14-18,20-21,27H,13H2,1-12H3;8-11,14H,7H2,1-6H3;8-10,13H,7H2,1-6H3. The third-order valence-electron chi connectivity index (χ3n) is 14.6. The zero-order valence-corrected chi connectivity index (χ0v) is 43.3. The van der Waals surface area contributed by atoms with Crippen LogP contribution in [0.3, 0.4) is 0 Å². The predicted octanol–water partition coefficient (Wildman–Crippen LogP) is 8.09. The van der Waals surface area contributed by atoms with Crippen molar-refractivity contribution in [2.45, 2.75) is 230 Å². The van der Waals surface area contributed by atoms with Gasteiger partial charge in [0.05, 0.1) is 53.7 Å². The van der Waals surface area contributed by atoms with Gasteiger partial charge in [-0.15, -0.1) is 0 Å². The number of hydrogen-bond acceptors (Lipinski definition) is 12. The van der Waals surface area contributed by atoms with Crippen LogP contribution in [0.2, 0.25) is 0 Å². The lowest BCUT2D eigenvalue weighted by molar-refractivity contribution is -0.297. The van der Waals surface area contributed by atoms with Crippen LogP contribution in [0, 0.1) is 45.3 Å². The topological polar surface area (TPSA) is 153 Å². The summed E-state index contributed by atoms with van der Waals surface area (Å²) in [5.41, 5.74) is -2.31.